The van der Waals surface area contributed by atoms with E-state index in [2.05, 4.69) is 15.8 Å². The van der Waals surface area contributed by atoms with Crippen molar-refractivity contribution in [2.75, 3.05) is 5.32 Å². The highest BCUT2D eigenvalue weighted by molar-refractivity contribution is 5.96. The maximum atomic E-state index is 12.8. The van der Waals surface area contributed by atoms with Crippen LogP contribution in [-0.2, 0) is 4.79 Å². The Balaban J connectivity index is 1.89. The third-order valence-electron chi connectivity index (χ3n) is 3.27. The van der Waals surface area contributed by atoms with Gasteiger partial charge < -0.3 is 5.32 Å². The zero-order valence-electron chi connectivity index (χ0n) is 14.1. The summed E-state index contributed by atoms with van der Waals surface area (Å²) in [6, 6.07) is 12.3. The van der Waals surface area contributed by atoms with Gasteiger partial charge in [-0.3, -0.25) is 9.59 Å². The molecular formula is C19H20FN3O2. The first kappa shape index (κ1) is 18.3. The van der Waals surface area contributed by atoms with Crippen LogP contribution in [0.5, 0.6) is 0 Å². The van der Waals surface area contributed by atoms with Crippen LogP contribution < -0.4 is 10.7 Å². The van der Waals surface area contributed by atoms with Crippen LogP contribution in [0.4, 0.5) is 10.1 Å². The lowest BCUT2D eigenvalue weighted by atomic mass is 10.1. The lowest BCUT2D eigenvalue weighted by molar-refractivity contribution is -0.116. The van der Waals surface area contributed by atoms with E-state index in [1.165, 1.54) is 18.3 Å². The van der Waals surface area contributed by atoms with Gasteiger partial charge in [0.25, 0.3) is 5.91 Å². The molecule has 0 bridgehead atoms. The topological polar surface area (TPSA) is 70.6 Å². The van der Waals surface area contributed by atoms with Crippen molar-refractivity contribution in [3.05, 3.63) is 65.5 Å². The van der Waals surface area contributed by atoms with Gasteiger partial charge in [-0.15, -0.1) is 0 Å². The Labute approximate surface area is 145 Å². The maximum Gasteiger partial charge on any atom is 0.271 e. The second kappa shape index (κ2) is 8.73. The van der Waals surface area contributed by atoms with Crippen molar-refractivity contribution >= 4 is 23.7 Å². The molecule has 5 nitrogen and oxygen atoms in total. The standard InChI is InChI=1S/C19H20FN3O2/c1-13(2)11-18(24)22-17-9-5-15(6-10-17)19(25)23-21-12-14-3-7-16(20)8-4-14/h3-10,12-13H,11H2,1-2H3,(H,22,24)(H,23,25)/b21-12+. The summed E-state index contributed by atoms with van der Waals surface area (Å²) in [5, 5.41) is 6.61. The van der Waals surface area contributed by atoms with Crippen LogP contribution in [0, 0.1) is 11.7 Å². The highest BCUT2D eigenvalue weighted by Gasteiger charge is 2.07. The molecule has 2 amide bonds. The van der Waals surface area contributed by atoms with Crippen molar-refractivity contribution in [1.82, 2.24) is 5.43 Å². The molecule has 0 aliphatic heterocycles. The van der Waals surface area contributed by atoms with Crippen LogP contribution in [0.15, 0.2) is 53.6 Å². The average Bonchev–Trinajstić information content (AvgIpc) is 2.56. The molecule has 0 fully saturated rings. The number of hydrogen-bond acceptors (Lipinski definition) is 3. The van der Waals surface area contributed by atoms with E-state index in [4.69, 9.17) is 0 Å². The summed E-state index contributed by atoms with van der Waals surface area (Å²) in [5.74, 6) is -0.486. The quantitative estimate of drug-likeness (QED) is 0.623. The van der Waals surface area contributed by atoms with Crippen molar-refractivity contribution in [2.24, 2.45) is 11.0 Å². The Kier molecular flexibility index (Phi) is 6.39. The Morgan fingerprint density at radius 1 is 1.08 bits per heavy atom. The van der Waals surface area contributed by atoms with Crippen LogP contribution in [0.2, 0.25) is 0 Å². The lowest BCUT2D eigenvalue weighted by Crippen LogP contribution is -2.18. The zero-order valence-corrected chi connectivity index (χ0v) is 14.1. The minimum Gasteiger partial charge on any atom is -0.326 e. The van der Waals surface area contributed by atoms with Gasteiger partial charge in [0.15, 0.2) is 0 Å². The molecule has 2 aromatic carbocycles. The average molecular weight is 341 g/mol. The molecular weight excluding hydrogens is 321 g/mol. The second-order valence-corrected chi connectivity index (χ2v) is 5.97. The van der Waals surface area contributed by atoms with E-state index < -0.39 is 0 Å². The number of benzene rings is 2. The van der Waals surface area contributed by atoms with Crippen LogP contribution in [0.3, 0.4) is 0 Å². The number of carbonyl (C=O) groups is 2. The molecule has 6 heteroatoms. The van der Waals surface area contributed by atoms with Gasteiger partial charge in [0.05, 0.1) is 6.21 Å². The molecule has 130 valence electrons. The van der Waals surface area contributed by atoms with E-state index in [1.807, 2.05) is 13.8 Å². The third-order valence-corrected chi connectivity index (χ3v) is 3.27. The lowest BCUT2D eigenvalue weighted by Gasteiger charge is -2.07. The number of amides is 2. The summed E-state index contributed by atoms with van der Waals surface area (Å²) < 4.78 is 12.8. The molecule has 0 aliphatic carbocycles. The fourth-order valence-electron chi connectivity index (χ4n) is 2.07. The molecule has 0 saturated carbocycles. The van der Waals surface area contributed by atoms with E-state index in [0.717, 1.165) is 0 Å². The fraction of sp³-hybridized carbons (Fsp3) is 0.211. The molecule has 2 N–H and O–H groups in total. The van der Waals surface area contributed by atoms with Gasteiger partial charge in [0, 0.05) is 17.7 Å². The Bertz CT molecular complexity index is 753. The number of anilines is 1. The number of halogens is 1. The van der Waals surface area contributed by atoms with Crippen LogP contribution in [0.25, 0.3) is 0 Å². The van der Waals surface area contributed by atoms with Crippen LogP contribution in [-0.4, -0.2) is 18.0 Å². The first-order valence-electron chi connectivity index (χ1n) is 7.93. The van der Waals surface area contributed by atoms with Gasteiger partial charge in [-0.05, 0) is 47.9 Å². The second-order valence-electron chi connectivity index (χ2n) is 5.97. The SMILES string of the molecule is CC(C)CC(=O)Nc1ccc(C(=O)N/N=C/c2ccc(F)cc2)cc1. The van der Waals surface area contributed by atoms with Gasteiger partial charge in [-0.1, -0.05) is 26.0 Å². The highest BCUT2D eigenvalue weighted by Crippen LogP contribution is 2.11. The first-order chi connectivity index (χ1) is 11.9. The minimum atomic E-state index is -0.376. The fourth-order valence-corrected chi connectivity index (χ4v) is 2.07. The molecule has 0 saturated heterocycles. The van der Waals surface area contributed by atoms with Crippen LogP contribution in [0.1, 0.15) is 36.2 Å². The molecule has 2 aromatic rings. The van der Waals surface area contributed by atoms with E-state index in [9.17, 15) is 14.0 Å². The summed E-state index contributed by atoms with van der Waals surface area (Å²) >= 11 is 0. The molecule has 0 aromatic heterocycles. The minimum absolute atomic E-state index is 0.0592. The Morgan fingerprint density at radius 2 is 1.72 bits per heavy atom. The Hall–Kier alpha value is -3.02. The summed E-state index contributed by atoms with van der Waals surface area (Å²) in [5.41, 5.74) is 4.12. The maximum absolute atomic E-state index is 12.8. The van der Waals surface area contributed by atoms with Crippen molar-refractivity contribution in [3.63, 3.8) is 0 Å². The number of nitrogens with zero attached hydrogens (tertiary/aromatic N) is 1. The molecule has 25 heavy (non-hydrogen) atoms. The number of hydrazone groups is 1. The summed E-state index contributed by atoms with van der Waals surface area (Å²) in [7, 11) is 0. The predicted molar refractivity (Wildman–Crippen MR) is 96.0 cm³/mol. The molecule has 2 rings (SSSR count). The first-order valence-corrected chi connectivity index (χ1v) is 7.93. The van der Waals surface area contributed by atoms with Crippen molar-refractivity contribution < 1.29 is 14.0 Å². The summed E-state index contributed by atoms with van der Waals surface area (Å²) in [4.78, 5) is 23.7. The third kappa shape index (κ3) is 6.18. The smallest absolute Gasteiger partial charge is 0.271 e. The molecule has 0 spiro atoms. The number of nitrogens with one attached hydrogen (secondary N) is 2. The number of carbonyl (C=O) groups excluding carboxylic acids is 2. The monoisotopic (exact) mass is 341 g/mol. The largest absolute Gasteiger partial charge is 0.326 e. The summed E-state index contributed by atoms with van der Waals surface area (Å²) in [6.07, 6.45) is 1.87. The van der Waals surface area contributed by atoms with Crippen molar-refractivity contribution in [2.45, 2.75) is 20.3 Å². The van der Waals surface area contributed by atoms with E-state index >= 15 is 0 Å². The number of hydrogen-bond donors (Lipinski definition) is 2. The van der Waals surface area contributed by atoms with E-state index in [0.29, 0.717) is 23.2 Å². The van der Waals surface area contributed by atoms with Gasteiger partial charge in [0.2, 0.25) is 5.91 Å². The molecule has 0 heterocycles. The van der Waals surface area contributed by atoms with Gasteiger partial charge in [0.1, 0.15) is 5.82 Å². The molecule has 0 radical (unpaired) electrons. The molecule has 0 atom stereocenters. The van der Waals surface area contributed by atoms with E-state index in [-0.39, 0.29) is 23.5 Å². The van der Waals surface area contributed by atoms with Gasteiger partial charge in [-0.2, -0.15) is 5.10 Å². The van der Waals surface area contributed by atoms with Crippen LogP contribution >= 0.6 is 0 Å². The summed E-state index contributed by atoms with van der Waals surface area (Å²) in [6.45, 7) is 3.94. The van der Waals surface area contributed by atoms with Crippen molar-refractivity contribution in [1.29, 1.82) is 0 Å². The van der Waals surface area contributed by atoms with Crippen molar-refractivity contribution in [3.8, 4) is 0 Å². The Morgan fingerprint density at radius 3 is 2.32 bits per heavy atom. The number of rotatable bonds is 6. The van der Waals surface area contributed by atoms with E-state index in [1.54, 1.807) is 36.4 Å². The van der Waals surface area contributed by atoms with Gasteiger partial charge >= 0.3 is 0 Å². The predicted octanol–water partition coefficient (Wildman–Crippen LogP) is 3.57. The van der Waals surface area contributed by atoms with Gasteiger partial charge in [-0.25, -0.2) is 9.82 Å². The molecule has 0 aliphatic rings. The normalized spacial score (nSPS) is 10.9. The highest BCUT2D eigenvalue weighted by atomic mass is 19.1. The zero-order chi connectivity index (χ0) is 18.2. The molecule has 0 unspecified atom stereocenters.